The molecule has 0 aliphatic rings. The van der Waals surface area contributed by atoms with Gasteiger partial charge in [0.05, 0.1) is 5.56 Å². The zero-order valence-corrected chi connectivity index (χ0v) is 10.9. The lowest BCUT2D eigenvalue weighted by molar-refractivity contribution is -0.137. The lowest BCUT2D eigenvalue weighted by Gasteiger charge is -2.10. The number of benzene rings is 2. The van der Waals surface area contributed by atoms with Gasteiger partial charge in [-0.05, 0) is 42.0 Å². The molecule has 0 aliphatic carbocycles. The summed E-state index contributed by atoms with van der Waals surface area (Å²) in [5.41, 5.74) is 0.481. The fraction of sp³-hybridized carbons (Fsp3) is 0.143. The van der Waals surface area contributed by atoms with Gasteiger partial charge < -0.3 is 5.32 Å². The van der Waals surface area contributed by atoms with Crippen molar-refractivity contribution in [1.29, 1.82) is 0 Å². The molecular formula is C14H10ClF4N. The molecule has 1 nitrogen and oxygen atoms in total. The van der Waals surface area contributed by atoms with Gasteiger partial charge in [0.2, 0.25) is 0 Å². The van der Waals surface area contributed by atoms with E-state index in [1.807, 2.05) is 0 Å². The summed E-state index contributed by atoms with van der Waals surface area (Å²) in [6, 6.07) is 8.64. The number of alkyl halides is 3. The van der Waals surface area contributed by atoms with Crippen LogP contribution in [0, 0.1) is 5.82 Å². The summed E-state index contributed by atoms with van der Waals surface area (Å²) in [5, 5.41) is 3.19. The van der Waals surface area contributed by atoms with Crippen molar-refractivity contribution in [2.24, 2.45) is 0 Å². The third-order valence-corrected chi connectivity index (χ3v) is 3.06. The molecule has 2 aromatic carbocycles. The minimum atomic E-state index is -4.35. The Bertz CT molecular complexity index is 593. The van der Waals surface area contributed by atoms with E-state index < -0.39 is 17.6 Å². The number of rotatable bonds is 3. The zero-order chi connectivity index (χ0) is 14.8. The molecule has 0 bridgehead atoms. The predicted octanol–water partition coefficient (Wildman–Crippen LogP) is 5.11. The van der Waals surface area contributed by atoms with E-state index in [-0.39, 0.29) is 5.02 Å². The number of anilines is 1. The highest BCUT2D eigenvalue weighted by molar-refractivity contribution is 6.31. The third-order valence-electron chi connectivity index (χ3n) is 2.71. The maximum absolute atomic E-state index is 12.9. The molecule has 2 aromatic rings. The monoisotopic (exact) mass is 303 g/mol. The molecule has 6 heteroatoms. The fourth-order valence-corrected chi connectivity index (χ4v) is 1.87. The largest absolute Gasteiger partial charge is 0.416 e. The second-order valence-corrected chi connectivity index (χ2v) is 4.57. The van der Waals surface area contributed by atoms with E-state index in [0.717, 1.165) is 12.1 Å². The van der Waals surface area contributed by atoms with Gasteiger partial charge in [0, 0.05) is 17.3 Å². The van der Waals surface area contributed by atoms with Crippen molar-refractivity contribution in [3.05, 3.63) is 64.4 Å². The van der Waals surface area contributed by atoms with E-state index in [2.05, 4.69) is 5.32 Å². The first-order chi connectivity index (χ1) is 9.36. The Kier molecular flexibility index (Phi) is 4.18. The maximum Gasteiger partial charge on any atom is 0.416 e. The van der Waals surface area contributed by atoms with Crippen LogP contribution in [0.2, 0.25) is 5.02 Å². The van der Waals surface area contributed by atoms with Crippen LogP contribution in [0.5, 0.6) is 0 Å². The average molecular weight is 304 g/mol. The molecule has 0 atom stereocenters. The van der Waals surface area contributed by atoms with Gasteiger partial charge in [-0.15, -0.1) is 0 Å². The Balaban J connectivity index is 2.04. The molecule has 0 fully saturated rings. The summed E-state index contributed by atoms with van der Waals surface area (Å²) in [4.78, 5) is 0. The Morgan fingerprint density at radius 3 is 2.20 bits per heavy atom. The summed E-state index contributed by atoms with van der Waals surface area (Å²) in [6.45, 7) is 0.296. The van der Waals surface area contributed by atoms with Crippen LogP contribution in [-0.2, 0) is 12.7 Å². The normalized spacial score (nSPS) is 11.4. The lowest BCUT2D eigenvalue weighted by Crippen LogP contribution is -2.05. The molecule has 0 amide bonds. The minimum Gasteiger partial charge on any atom is -0.381 e. The standard InChI is InChI=1S/C14H10ClF4N/c15-13-7-11(16)4-1-9(13)8-20-12-5-2-10(3-6-12)14(17,18)19/h1-7,20H,8H2. The van der Waals surface area contributed by atoms with E-state index in [4.69, 9.17) is 11.6 Å². The first-order valence-corrected chi connectivity index (χ1v) is 6.09. The molecule has 0 aliphatic heterocycles. The van der Waals surface area contributed by atoms with E-state index in [9.17, 15) is 17.6 Å². The van der Waals surface area contributed by atoms with Gasteiger partial charge in [0.1, 0.15) is 5.82 Å². The highest BCUT2D eigenvalue weighted by atomic mass is 35.5. The van der Waals surface area contributed by atoms with Crippen LogP contribution < -0.4 is 5.32 Å². The second-order valence-electron chi connectivity index (χ2n) is 4.16. The summed E-state index contributed by atoms with van der Waals surface area (Å²) in [5.74, 6) is -0.437. The van der Waals surface area contributed by atoms with Gasteiger partial charge >= 0.3 is 6.18 Å². The van der Waals surface area contributed by atoms with E-state index in [1.54, 1.807) is 0 Å². The van der Waals surface area contributed by atoms with Crippen LogP contribution in [0.1, 0.15) is 11.1 Å². The van der Waals surface area contributed by atoms with Gasteiger partial charge in [0.15, 0.2) is 0 Å². The van der Waals surface area contributed by atoms with Crippen molar-refractivity contribution in [3.63, 3.8) is 0 Å². The fourth-order valence-electron chi connectivity index (χ4n) is 1.64. The van der Waals surface area contributed by atoms with E-state index in [0.29, 0.717) is 17.8 Å². The van der Waals surface area contributed by atoms with Crippen LogP contribution in [0.15, 0.2) is 42.5 Å². The second kappa shape index (κ2) is 5.71. The topological polar surface area (TPSA) is 12.0 Å². The molecule has 0 unspecified atom stereocenters. The Hall–Kier alpha value is -1.75. The maximum atomic E-state index is 12.9. The molecule has 1 N–H and O–H groups in total. The van der Waals surface area contributed by atoms with Gasteiger partial charge in [0.25, 0.3) is 0 Å². The zero-order valence-electron chi connectivity index (χ0n) is 10.1. The Morgan fingerprint density at radius 2 is 1.65 bits per heavy atom. The predicted molar refractivity (Wildman–Crippen MR) is 70.2 cm³/mol. The van der Waals surface area contributed by atoms with Crippen LogP contribution in [0.4, 0.5) is 23.2 Å². The summed E-state index contributed by atoms with van der Waals surface area (Å²) < 4.78 is 50.0. The molecule has 106 valence electrons. The molecule has 2 rings (SSSR count). The lowest BCUT2D eigenvalue weighted by atomic mass is 10.2. The van der Waals surface area contributed by atoms with Crippen molar-refractivity contribution in [2.45, 2.75) is 12.7 Å². The van der Waals surface area contributed by atoms with E-state index in [1.165, 1.54) is 30.3 Å². The Labute approximate surface area is 118 Å². The SMILES string of the molecule is Fc1ccc(CNc2ccc(C(F)(F)F)cc2)c(Cl)c1. The summed E-state index contributed by atoms with van der Waals surface area (Å²) in [7, 11) is 0. The number of halogens is 5. The molecule has 0 saturated carbocycles. The quantitative estimate of drug-likeness (QED) is 0.777. The molecule has 20 heavy (non-hydrogen) atoms. The van der Waals surface area contributed by atoms with Crippen molar-refractivity contribution in [3.8, 4) is 0 Å². The number of hydrogen-bond donors (Lipinski definition) is 1. The molecule has 0 spiro atoms. The van der Waals surface area contributed by atoms with Gasteiger partial charge in [-0.25, -0.2) is 4.39 Å². The molecular weight excluding hydrogens is 294 g/mol. The summed E-state index contributed by atoms with van der Waals surface area (Å²) in [6.07, 6.45) is -4.35. The van der Waals surface area contributed by atoms with Crippen LogP contribution >= 0.6 is 11.6 Å². The van der Waals surface area contributed by atoms with Crippen molar-refractivity contribution >= 4 is 17.3 Å². The van der Waals surface area contributed by atoms with E-state index >= 15 is 0 Å². The van der Waals surface area contributed by atoms with Crippen LogP contribution in [-0.4, -0.2) is 0 Å². The summed E-state index contributed by atoms with van der Waals surface area (Å²) >= 11 is 5.85. The molecule has 0 saturated heterocycles. The van der Waals surface area contributed by atoms with Crippen molar-refractivity contribution in [2.75, 3.05) is 5.32 Å². The Morgan fingerprint density at radius 1 is 1.00 bits per heavy atom. The first kappa shape index (κ1) is 14.7. The molecule has 0 aromatic heterocycles. The average Bonchev–Trinajstić information content (AvgIpc) is 2.37. The van der Waals surface area contributed by atoms with Gasteiger partial charge in [-0.3, -0.25) is 0 Å². The smallest absolute Gasteiger partial charge is 0.381 e. The van der Waals surface area contributed by atoms with Gasteiger partial charge in [-0.2, -0.15) is 13.2 Å². The molecule has 0 heterocycles. The highest BCUT2D eigenvalue weighted by Gasteiger charge is 2.29. The van der Waals surface area contributed by atoms with Crippen molar-refractivity contribution in [1.82, 2.24) is 0 Å². The van der Waals surface area contributed by atoms with Crippen LogP contribution in [0.3, 0.4) is 0 Å². The van der Waals surface area contributed by atoms with Crippen LogP contribution in [0.25, 0.3) is 0 Å². The van der Waals surface area contributed by atoms with Crippen molar-refractivity contribution < 1.29 is 17.6 Å². The minimum absolute atomic E-state index is 0.268. The number of nitrogens with one attached hydrogen (secondary N) is 1. The first-order valence-electron chi connectivity index (χ1n) is 5.71. The number of hydrogen-bond acceptors (Lipinski definition) is 1. The third kappa shape index (κ3) is 3.63. The molecule has 0 radical (unpaired) electrons. The van der Waals surface area contributed by atoms with Gasteiger partial charge in [-0.1, -0.05) is 17.7 Å². The highest BCUT2D eigenvalue weighted by Crippen LogP contribution is 2.30.